The molecule has 2 saturated carbocycles. The Labute approximate surface area is 122 Å². The fourth-order valence-corrected chi connectivity index (χ4v) is 3.33. The second kappa shape index (κ2) is 6.59. The van der Waals surface area contributed by atoms with E-state index in [1.165, 1.54) is 43.4 Å². The number of carbonyl (C=O) groups excluding carboxylic acids is 2. The monoisotopic (exact) mass is 280 g/mol. The SMILES string of the molecule is CN(C)C(=O)C1(C(=O)NCCCC2CCCCC2)CC1. The quantitative estimate of drug-likeness (QED) is 0.599. The van der Waals surface area contributed by atoms with Crippen LogP contribution < -0.4 is 5.32 Å². The van der Waals surface area contributed by atoms with Gasteiger partial charge in [-0.1, -0.05) is 32.1 Å². The third-order valence-electron chi connectivity index (χ3n) is 4.80. The van der Waals surface area contributed by atoms with Gasteiger partial charge in [-0.3, -0.25) is 9.59 Å². The number of rotatable bonds is 6. The number of hydrogen-bond acceptors (Lipinski definition) is 2. The van der Waals surface area contributed by atoms with Crippen LogP contribution in [0.5, 0.6) is 0 Å². The predicted molar refractivity (Wildman–Crippen MR) is 79.2 cm³/mol. The molecule has 20 heavy (non-hydrogen) atoms. The van der Waals surface area contributed by atoms with Crippen molar-refractivity contribution < 1.29 is 9.59 Å². The first-order valence-electron chi connectivity index (χ1n) is 8.06. The summed E-state index contributed by atoms with van der Waals surface area (Å²) in [5, 5.41) is 2.97. The third-order valence-corrected chi connectivity index (χ3v) is 4.80. The minimum Gasteiger partial charge on any atom is -0.355 e. The molecule has 0 saturated heterocycles. The Kier molecular flexibility index (Phi) is 5.06. The molecule has 0 aromatic rings. The summed E-state index contributed by atoms with van der Waals surface area (Å²) >= 11 is 0. The summed E-state index contributed by atoms with van der Waals surface area (Å²) in [7, 11) is 3.44. The van der Waals surface area contributed by atoms with Gasteiger partial charge in [0.15, 0.2) is 0 Å². The molecule has 0 atom stereocenters. The standard InChI is InChI=1S/C16H28N2O2/c1-18(2)15(20)16(10-11-16)14(19)17-12-6-9-13-7-4-3-5-8-13/h13H,3-12H2,1-2H3,(H,17,19). The van der Waals surface area contributed by atoms with Crippen LogP contribution in [0.2, 0.25) is 0 Å². The molecular weight excluding hydrogens is 252 g/mol. The van der Waals surface area contributed by atoms with Crippen LogP contribution in [0.4, 0.5) is 0 Å². The van der Waals surface area contributed by atoms with Crippen LogP contribution in [0.3, 0.4) is 0 Å². The van der Waals surface area contributed by atoms with E-state index in [2.05, 4.69) is 5.32 Å². The molecule has 0 aliphatic heterocycles. The molecule has 0 aromatic carbocycles. The molecule has 0 radical (unpaired) electrons. The molecule has 2 aliphatic rings. The fraction of sp³-hybridized carbons (Fsp3) is 0.875. The number of amides is 2. The minimum absolute atomic E-state index is 0.0396. The maximum absolute atomic E-state index is 12.2. The first kappa shape index (κ1) is 15.3. The van der Waals surface area contributed by atoms with Crippen LogP contribution >= 0.6 is 0 Å². The Bertz CT molecular complexity index is 355. The molecule has 1 N–H and O–H groups in total. The largest absolute Gasteiger partial charge is 0.355 e. The summed E-state index contributed by atoms with van der Waals surface area (Å²) in [6.45, 7) is 0.720. The van der Waals surface area contributed by atoms with Crippen molar-refractivity contribution in [3.63, 3.8) is 0 Å². The average Bonchev–Trinajstić information content (AvgIpc) is 3.25. The average molecular weight is 280 g/mol. The Balaban J connectivity index is 1.66. The minimum atomic E-state index is -0.728. The van der Waals surface area contributed by atoms with Crippen molar-refractivity contribution in [3.05, 3.63) is 0 Å². The van der Waals surface area contributed by atoms with Gasteiger partial charge in [0.1, 0.15) is 5.41 Å². The van der Waals surface area contributed by atoms with E-state index in [4.69, 9.17) is 0 Å². The highest BCUT2D eigenvalue weighted by Gasteiger charge is 2.56. The lowest BCUT2D eigenvalue weighted by molar-refractivity contribution is -0.142. The lowest BCUT2D eigenvalue weighted by atomic mass is 9.86. The summed E-state index contributed by atoms with van der Waals surface area (Å²) in [5.41, 5.74) is -0.728. The molecule has 114 valence electrons. The van der Waals surface area contributed by atoms with Crippen LogP contribution in [-0.2, 0) is 9.59 Å². The second-order valence-corrected chi connectivity index (χ2v) is 6.68. The smallest absolute Gasteiger partial charge is 0.237 e. The molecule has 2 amide bonds. The van der Waals surface area contributed by atoms with Crippen LogP contribution in [0.25, 0.3) is 0 Å². The van der Waals surface area contributed by atoms with E-state index in [0.29, 0.717) is 12.8 Å². The summed E-state index contributed by atoms with van der Waals surface area (Å²) in [5.74, 6) is 0.765. The first-order chi connectivity index (χ1) is 9.56. The fourth-order valence-electron chi connectivity index (χ4n) is 3.33. The van der Waals surface area contributed by atoms with Gasteiger partial charge >= 0.3 is 0 Å². The summed E-state index contributed by atoms with van der Waals surface area (Å²) in [6, 6.07) is 0. The van der Waals surface area contributed by atoms with Crippen molar-refractivity contribution in [2.24, 2.45) is 11.3 Å². The molecule has 0 bridgehead atoms. The van der Waals surface area contributed by atoms with Crippen molar-refractivity contribution >= 4 is 11.8 Å². The molecule has 2 rings (SSSR count). The molecule has 0 unspecified atom stereocenters. The van der Waals surface area contributed by atoms with Crippen molar-refractivity contribution in [2.75, 3.05) is 20.6 Å². The van der Waals surface area contributed by atoms with Gasteiger partial charge < -0.3 is 10.2 Å². The zero-order valence-electron chi connectivity index (χ0n) is 12.9. The second-order valence-electron chi connectivity index (χ2n) is 6.68. The van der Waals surface area contributed by atoms with E-state index in [1.807, 2.05) is 0 Å². The highest BCUT2D eigenvalue weighted by molar-refractivity contribution is 6.07. The number of nitrogens with one attached hydrogen (secondary N) is 1. The van der Waals surface area contributed by atoms with Gasteiger partial charge in [-0.15, -0.1) is 0 Å². The normalized spacial score (nSPS) is 21.3. The van der Waals surface area contributed by atoms with Crippen LogP contribution in [0.15, 0.2) is 0 Å². The van der Waals surface area contributed by atoms with Crippen LogP contribution in [0.1, 0.15) is 57.8 Å². The van der Waals surface area contributed by atoms with Crippen LogP contribution in [0, 0.1) is 11.3 Å². The zero-order chi connectivity index (χ0) is 14.6. The Morgan fingerprint density at radius 1 is 1.15 bits per heavy atom. The Hall–Kier alpha value is -1.06. The first-order valence-corrected chi connectivity index (χ1v) is 8.06. The zero-order valence-corrected chi connectivity index (χ0v) is 12.9. The molecule has 4 nitrogen and oxygen atoms in total. The summed E-state index contributed by atoms with van der Waals surface area (Å²) < 4.78 is 0. The number of hydrogen-bond donors (Lipinski definition) is 1. The molecule has 4 heteroatoms. The number of nitrogens with zero attached hydrogens (tertiary/aromatic N) is 1. The lowest BCUT2D eigenvalue weighted by Crippen LogP contribution is -2.42. The van der Waals surface area contributed by atoms with Gasteiger partial charge in [0, 0.05) is 20.6 Å². The van der Waals surface area contributed by atoms with E-state index in [-0.39, 0.29) is 11.8 Å². The van der Waals surface area contributed by atoms with Crippen molar-refractivity contribution in [2.45, 2.75) is 57.8 Å². The molecule has 0 spiro atoms. The van der Waals surface area contributed by atoms with Gasteiger partial charge in [-0.2, -0.15) is 0 Å². The van der Waals surface area contributed by atoms with Gasteiger partial charge in [-0.25, -0.2) is 0 Å². The van der Waals surface area contributed by atoms with Crippen molar-refractivity contribution in [3.8, 4) is 0 Å². The highest BCUT2D eigenvalue weighted by atomic mass is 16.2. The Morgan fingerprint density at radius 2 is 1.80 bits per heavy atom. The summed E-state index contributed by atoms with van der Waals surface area (Å²) in [6.07, 6.45) is 10.5. The molecule has 2 aliphatic carbocycles. The molecular formula is C16H28N2O2. The number of carbonyl (C=O) groups is 2. The van der Waals surface area contributed by atoms with Gasteiger partial charge in [0.25, 0.3) is 0 Å². The van der Waals surface area contributed by atoms with Crippen molar-refractivity contribution in [1.29, 1.82) is 0 Å². The van der Waals surface area contributed by atoms with E-state index in [0.717, 1.165) is 18.9 Å². The van der Waals surface area contributed by atoms with E-state index >= 15 is 0 Å². The van der Waals surface area contributed by atoms with Gasteiger partial charge in [-0.05, 0) is 31.6 Å². The van der Waals surface area contributed by atoms with Crippen LogP contribution in [-0.4, -0.2) is 37.4 Å². The molecule has 2 fully saturated rings. The van der Waals surface area contributed by atoms with Gasteiger partial charge in [0.2, 0.25) is 11.8 Å². The topological polar surface area (TPSA) is 49.4 Å². The maximum Gasteiger partial charge on any atom is 0.237 e. The van der Waals surface area contributed by atoms with E-state index < -0.39 is 5.41 Å². The third kappa shape index (κ3) is 3.53. The molecule has 0 heterocycles. The van der Waals surface area contributed by atoms with Gasteiger partial charge in [0.05, 0.1) is 0 Å². The maximum atomic E-state index is 12.2. The Morgan fingerprint density at radius 3 is 2.35 bits per heavy atom. The lowest BCUT2D eigenvalue weighted by Gasteiger charge is -2.22. The summed E-state index contributed by atoms with van der Waals surface area (Å²) in [4.78, 5) is 25.7. The molecule has 0 aromatic heterocycles. The van der Waals surface area contributed by atoms with E-state index in [9.17, 15) is 9.59 Å². The van der Waals surface area contributed by atoms with Crippen molar-refractivity contribution in [1.82, 2.24) is 10.2 Å². The predicted octanol–water partition coefficient (Wildman–Crippen LogP) is 2.33. The van der Waals surface area contributed by atoms with E-state index in [1.54, 1.807) is 14.1 Å². The highest BCUT2D eigenvalue weighted by Crippen LogP contribution is 2.47.